The number of rotatable bonds is 5. The summed E-state index contributed by atoms with van der Waals surface area (Å²) in [5.41, 5.74) is -3.78. The second-order valence-electron chi connectivity index (χ2n) is 10.1. The van der Waals surface area contributed by atoms with Gasteiger partial charge in [0.2, 0.25) is 0 Å². The summed E-state index contributed by atoms with van der Waals surface area (Å²) in [7, 11) is 0. The number of hydrogen-bond acceptors (Lipinski definition) is 4. The number of halogens is 7. The van der Waals surface area contributed by atoms with E-state index >= 15 is 0 Å². The number of likely N-dealkylation sites (tertiary alicyclic amines) is 1. The quantitative estimate of drug-likeness (QED) is 0.420. The molecule has 0 radical (unpaired) electrons. The van der Waals surface area contributed by atoms with E-state index in [0.717, 1.165) is 12.1 Å². The van der Waals surface area contributed by atoms with E-state index in [0.29, 0.717) is 17.7 Å². The number of amides is 1. The molecule has 38 heavy (non-hydrogen) atoms. The minimum Gasteiger partial charge on any atom is -0.444 e. The van der Waals surface area contributed by atoms with Crippen molar-refractivity contribution >= 4 is 6.09 Å². The molecule has 1 N–H and O–H groups in total. The van der Waals surface area contributed by atoms with Gasteiger partial charge in [-0.25, -0.2) is 9.18 Å². The first-order chi connectivity index (χ1) is 17.4. The molecular formula is C26H28F7NO4. The second-order valence-corrected chi connectivity index (χ2v) is 10.1. The smallest absolute Gasteiger partial charge is 0.416 e. The van der Waals surface area contributed by atoms with Crippen LogP contribution in [0.15, 0.2) is 42.5 Å². The number of alkyl halides is 6. The molecule has 12 heteroatoms. The van der Waals surface area contributed by atoms with Crippen LogP contribution in [0, 0.1) is 5.82 Å². The van der Waals surface area contributed by atoms with Gasteiger partial charge in [-0.15, -0.1) is 0 Å². The molecule has 0 aliphatic carbocycles. The van der Waals surface area contributed by atoms with Crippen LogP contribution in [0.3, 0.4) is 0 Å². The first kappa shape index (κ1) is 29.7. The topological polar surface area (TPSA) is 59.0 Å². The summed E-state index contributed by atoms with van der Waals surface area (Å²) in [5, 5.41) is 10.2. The molecule has 0 bridgehead atoms. The van der Waals surface area contributed by atoms with Crippen molar-refractivity contribution in [3.05, 3.63) is 70.5 Å². The van der Waals surface area contributed by atoms with Crippen LogP contribution in [-0.4, -0.2) is 47.0 Å². The highest BCUT2D eigenvalue weighted by Crippen LogP contribution is 2.41. The summed E-state index contributed by atoms with van der Waals surface area (Å²) in [6.07, 6.45) is -13.1. The summed E-state index contributed by atoms with van der Waals surface area (Å²) in [5.74, 6) is -1.34. The van der Waals surface area contributed by atoms with E-state index in [4.69, 9.17) is 9.47 Å². The summed E-state index contributed by atoms with van der Waals surface area (Å²) in [6, 6.07) is 5.40. The van der Waals surface area contributed by atoms with Gasteiger partial charge in [0, 0.05) is 5.92 Å². The van der Waals surface area contributed by atoms with E-state index in [-0.39, 0.29) is 18.2 Å². The molecule has 1 aliphatic heterocycles. The zero-order chi connectivity index (χ0) is 28.6. The Morgan fingerprint density at radius 2 is 1.53 bits per heavy atom. The van der Waals surface area contributed by atoms with Crippen LogP contribution in [0.1, 0.15) is 62.0 Å². The van der Waals surface area contributed by atoms with Crippen LogP contribution >= 0.6 is 0 Å². The fraction of sp³-hybridized carbons (Fsp3) is 0.500. The Bertz CT molecular complexity index is 1090. The molecule has 1 aliphatic rings. The zero-order valence-electron chi connectivity index (χ0n) is 21.0. The number of benzene rings is 2. The van der Waals surface area contributed by atoms with Crippen LogP contribution in [0.4, 0.5) is 35.5 Å². The number of carbonyl (C=O) groups excluding carboxylic acids is 1. The maximum absolute atomic E-state index is 13.6. The summed E-state index contributed by atoms with van der Waals surface area (Å²) in [6.45, 7) is 5.45. The predicted octanol–water partition coefficient (Wildman–Crippen LogP) is 6.70. The molecule has 5 nitrogen and oxygen atoms in total. The lowest BCUT2D eigenvalue weighted by Gasteiger charge is -2.29. The van der Waals surface area contributed by atoms with E-state index in [2.05, 4.69) is 0 Å². The number of carbonyl (C=O) groups is 1. The molecule has 1 fully saturated rings. The molecule has 0 unspecified atom stereocenters. The highest BCUT2D eigenvalue weighted by Gasteiger charge is 2.47. The molecule has 3 rings (SSSR count). The Morgan fingerprint density at radius 1 is 1.00 bits per heavy atom. The van der Waals surface area contributed by atoms with Crippen molar-refractivity contribution in [3.8, 4) is 0 Å². The van der Waals surface area contributed by atoms with Crippen molar-refractivity contribution in [2.24, 2.45) is 0 Å². The zero-order valence-corrected chi connectivity index (χ0v) is 21.0. The van der Waals surface area contributed by atoms with Gasteiger partial charge in [-0.1, -0.05) is 12.1 Å². The van der Waals surface area contributed by atoms with Gasteiger partial charge in [0.1, 0.15) is 11.4 Å². The number of hydrogen-bond donors (Lipinski definition) is 1. The molecular weight excluding hydrogens is 523 g/mol. The van der Waals surface area contributed by atoms with Crippen LogP contribution in [0.25, 0.3) is 0 Å². The van der Waals surface area contributed by atoms with E-state index < -0.39 is 71.8 Å². The van der Waals surface area contributed by atoms with Gasteiger partial charge in [0.25, 0.3) is 0 Å². The predicted molar refractivity (Wildman–Crippen MR) is 123 cm³/mol. The molecule has 0 aromatic heterocycles. The Hall–Kier alpha value is -2.86. The van der Waals surface area contributed by atoms with E-state index in [1.165, 1.54) is 24.0 Å². The van der Waals surface area contributed by atoms with Crippen LogP contribution in [0.5, 0.6) is 0 Å². The maximum atomic E-state index is 13.6. The molecule has 2 aromatic rings. The van der Waals surface area contributed by atoms with Crippen molar-refractivity contribution in [1.29, 1.82) is 0 Å². The van der Waals surface area contributed by atoms with Crippen molar-refractivity contribution in [2.75, 3.05) is 13.2 Å². The lowest BCUT2D eigenvalue weighted by Crippen LogP contribution is -2.42. The van der Waals surface area contributed by atoms with E-state index in [1.54, 1.807) is 20.8 Å². The molecule has 2 aromatic carbocycles. The Balaban J connectivity index is 2.00. The average Bonchev–Trinajstić information content (AvgIpc) is 3.15. The van der Waals surface area contributed by atoms with Gasteiger partial charge in [-0.3, -0.25) is 4.90 Å². The van der Waals surface area contributed by atoms with Gasteiger partial charge in [0.05, 0.1) is 42.5 Å². The largest absolute Gasteiger partial charge is 0.444 e. The number of aliphatic hydroxyl groups excluding tert-OH is 1. The van der Waals surface area contributed by atoms with Gasteiger partial charge < -0.3 is 14.6 Å². The molecule has 1 heterocycles. The Labute approximate surface area is 215 Å². The van der Waals surface area contributed by atoms with Gasteiger partial charge in [-0.2, -0.15) is 26.3 Å². The van der Waals surface area contributed by atoms with Gasteiger partial charge in [-0.05, 0) is 69.2 Å². The monoisotopic (exact) mass is 551 g/mol. The maximum Gasteiger partial charge on any atom is 0.416 e. The van der Waals surface area contributed by atoms with Crippen LogP contribution in [0.2, 0.25) is 0 Å². The summed E-state index contributed by atoms with van der Waals surface area (Å²) in [4.78, 5) is 14.1. The van der Waals surface area contributed by atoms with Crippen molar-refractivity contribution in [1.82, 2.24) is 4.90 Å². The summed E-state index contributed by atoms with van der Waals surface area (Å²) >= 11 is 0. The van der Waals surface area contributed by atoms with Crippen molar-refractivity contribution < 1.29 is 50.1 Å². The normalized spacial score (nSPS) is 21.5. The lowest BCUT2D eigenvalue weighted by atomic mass is 9.90. The standard InChI is InChI=1S/C26H28F7NO4/c1-14(16-9-17(25(28,29)30)11-18(10-16)26(31,32)33)37-21-12-34(23(36)38-24(2,3)4)20(13-35)22(21)15-5-7-19(27)8-6-15/h5-11,14,20-22,35H,12-13H2,1-4H3/t14-,20+,21+,22+/m1/s1. The Kier molecular flexibility index (Phi) is 8.38. The average molecular weight is 551 g/mol. The molecule has 1 amide bonds. The number of ether oxygens (including phenoxy) is 2. The molecule has 210 valence electrons. The minimum atomic E-state index is -5.03. The number of nitrogens with zero attached hydrogens (tertiary/aromatic N) is 1. The molecule has 0 saturated carbocycles. The van der Waals surface area contributed by atoms with E-state index in [9.17, 15) is 40.6 Å². The molecule has 0 spiro atoms. The van der Waals surface area contributed by atoms with Crippen LogP contribution < -0.4 is 0 Å². The van der Waals surface area contributed by atoms with Gasteiger partial charge >= 0.3 is 18.4 Å². The summed E-state index contributed by atoms with van der Waals surface area (Å²) < 4.78 is 105. The SMILES string of the molecule is C[C@@H](O[C@H]1CN(C(=O)OC(C)(C)C)[C@@H](CO)[C@@H]1c1ccc(F)cc1)c1cc(C(F)(F)F)cc(C(F)(F)F)c1. The highest BCUT2D eigenvalue weighted by atomic mass is 19.4. The minimum absolute atomic E-state index is 0.0269. The first-order valence-electron chi connectivity index (χ1n) is 11.7. The van der Waals surface area contributed by atoms with Gasteiger partial charge in [0.15, 0.2) is 0 Å². The number of aliphatic hydroxyl groups is 1. The third-order valence-electron chi connectivity index (χ3n) is 6.12. The second kappa shape index (κ2) is 10.7. The molecule has 4 atom stereocenters. The molecule has 1 saturated heterocycles. The first-order valence-corrected chi connectivity index (χ1v) is 11.7. The van der Waals surface area contributed by atoms with Crippen molar-refractivity contribution in [3.63, 3.8) is 0 Å². The third-order valence-corrected chi connectivity index (χ3v) is 6.12. The Morgan fingerprint density at radius 3 is 1.97 bits per heavy atom. The van der Waals surface area contributed by atoms with Crippen LogP contribution in [-0.2, 0) is 21.8 Å². The van der Waals surface area contributed by atoms with E-state index in [1.807, 2.05) is 0 Å². The lowest BCUT2D eigenvalue weighted by molar-refractivity contribution is -0.143. The fourth-order valence-corrected chi connectivity index (χ4v) is 4.43. The highest BCUT2D eigenvalue weighted by molar-refractivity contribution is 5.69. The van der Waals surface area contributed by atoms with Crippen molar-refractivity contribution in [2.45, 2.75) is 69.8 Å². The fourth-order valence-electron chi connectivity index (χ4n) is 4.43. The third kappa shape index (κ3) is 6.96.